The zero-order valence-corrected chi connectivity index (χ0v) is 9.94. The summed E-state index contributed by atoms with van der Waals surface area (Å²) < 4.78 is 0. The molecule has 4 rings (SSSR count). The maximum absolute atomic E-state index is 12.2. The highest BCUT2D eigenvalue weighted by atomic mass is 16.2. The average Bonchev–Trinajstić information content (AvgIpc) is 2.64. The van der Waals surface area contributed by atoms with Crippen molar-refractivity contribution in [1.29, 1.82) is 0 Å². The van der Waals surface area contributed by atoms with Gasteiger partial charge in [-0.2, -0.15) is 5.10 Å². The summed E-state index contributed by atoms with van der Waals surface area (Å²) in [5, 5.41) is 9.76. The van der Waals surface area contributed by atoms with Crippen LogP contribution in [0.15, 0.2) is 6.20 Å². The Morgan fingerprint density at radius 3 is 2.71 bits per heavy atom. The molecule has 3 aliphatic rings. The summed E-state index contributed by atoms with van der Waals surface area (Å²) in [6, 6.07) is 0. The largest absolute Gasteiger partial charge is 0.311 e. The first-order chi connectivity index (χ1) is 8.25. The molecule has 1 aromatic rings. The van der Waals surface area contributed by atoms with Crippen molar-refractivity contribution in [2.45, 2.75) is 26.2 Å². The van der Waals surface area contributed by atoms with Crippen LogP contribution >= 0.6 is 0 Å². The minimum Gasteiger partial charge on any atom is -0.311 e. The van der Waals surface area contributed by atoms with E-state index in [4.69, 9.17) is 0 Å². The van der Waals surface area contributed by atoms with Crippen molar-refractivity contribution in [2.75, 3.05) is 5.32 Å². The van der Waals surface area contributed by atoms with Gasteiger partial charge in [-0.1, -0.05) is 0 Å². The van der Waals surface area contributed by atoms with E-state index in [1.54, 1.807) is 6.20 Å². The molecule has 3 aliphatic carbocycles. The molecule has 4 unspecified atom stereocenters. The van der Waals surface area contributed by atoms with Crippen LogP contribution in [-0.4, -0.2) is 16.1 Å². The zero-order valence-electron chi connectivity index (χ0n) is 9.94. The van der Waals surface area contributed by atoms with E-state index in [1.807, 2.05) is 6.92 Å². The first-order valence-electron chi connectivity index (χ1n) is 6.56. The minimum atomic E-state index is 0.212. The lowest BCUT2D eigenvalue weighted by Gasteiger charge is -2.08. The van der Waals surface area contributed by atoms with Gasteiger partial charge in [-0.25, -0.2) is 0 Å². The summed E-state index contributed by atoms with van der Waals surface area (Å²) >= 11 is 0. The van der Waals surface area contributed by atoms with Crippen LogP contribution in [-0.2, 0) is 4.79 Å². The lowest BCUT2D eigenvalue weighted by atomic mass is 10.0. The van der Waals surface area contributed by atoms with Crippen LogP contribution in [0, 0.1) is 36.5 Å². The molecule has 2 N–H and O–H groups in total. The molecule has 0 spiro atoms. The highest BCUT2D eigenvalue weighted by Gasteiger charge is 2.67. The van der Waals surface area contributed by atoms with E-state index in [0.29, 0.717) is 17.8 Å². The van der Waals surface area contributed by atoms with Gasteiger partial charge in [-0.3, -0.25) is 9.89 Å². The van der Waals surface area contributed by atoms with Gasteiger partial charge in [0.1, 0.15) is 5.82 Å². The number of H-pyrrole nitrogens is 1. The highest BCUT2D eigenvalue weighted by Crippen LogP contribution is 2.69. The fraction of sp³-hybridized carbons (Fsp3) is 0.692. The summed E-state index contributed by atoms with van der Waals surface area (Å²) in [6.45, 7) is 1.95. The lowest BCUT2D eigenvalue weighted by molar-refractivity contribution is -0.118. The fourth-order valence-electron chi connectivity index (χ4n) is 4.36. The van der Waals surface area contributed by atoms with Crippen LogP contribution in [0.3, 0.4) is 0 Å². The van der Waals surface area contributed by atoms with Crippen LogP contribution in [0.1, 0.15) is 24.8 Å². The number of carbonyl (C=O) groups is 1. The van der Waals surface area contributed by atoms with Crippen LogP contribution in [0.25, 0.3) is 0 Å². The molecule has 0 saturated heterocycles. The SMILES string of the molecule is Cc1cn[nH]c1NC(=O)C1C2C3CCC(C3)C12. The Morgan fingerprint density at radius 1 is 1.41 bits per heavy atom. The molecule has 0 aliphatic heterocycles. The van der Waals surface area contributed by atoms with E-state index in [2.05, 4.69) is 15.5 Å². The number of anilines is 1. The third-order valence-corrected chi connectivity index (χ3v) is 5.12. The number of hydrogen-bond donors (Lipinski definition) is 2. The quantitative estimate of drug-likeness (QED) is 0.817. The number of nitrogens with one attached hydrogen (secondary N) is 2. The number of aryl methyl sites for hydroxylation is 1. The molecule has 3 saturated carbocycles. The minimum absolute atomic E-state index is 0.212. The van der Waals surface area contributed by atoms with Crippen molar-refractivity contribution in [3.05, 3.63) is 11.8 Å². The van der Waals surface area contributed by atoms with Crippen molar-refractivity contribution in [3.8, 4) is 0 Å². The van der Waals surface area contributed by atoms with E-state index >= 15 is 0 Å². The number of aromatic amines is 1. The van der Waals surface area contributed by atoms with Crippen LogP contribution in [0.4, 0.5) is 5.82 Å². The first kappa shape index (κ1) is 9.68. The van der Waals surface area contributed by atoms with Gasteiger partial charge in [0.15, 0.2) is 0 Å². The number of hydrogen-bond acceptors (Lipinski definition) is 2. The fourth-order valence-corrected chi connectivity index (χ4v) is 4.36. The Labute approximate surface area is 100 Å². The molecule has 4 heteroatoms. The topological polar surface area (TPSA) is 57.8 Å². The van der Waals surface area contributed by atoms with Crippen molar-refractivity contribution < 1.29 is 4.79 Å². The molecule has 2 bridgehead atoms. The highest BCUT2D eigenvalue weighted by molar-refractivity contribution is 5.94. The van der Waals surface area contributed by atoms with Crippen molar-refractivity contribution in [3.63, 3.8) is 0 Å². The molecule has 4 atom stereocenters. The van der Waals surface area contributed by atoms with Crippen molar-refractivity contribution in [2.24, 2.45) is 29.6 Å². The van der Waals surface area contributed by atoms with Gasteiger partial charge in [0.2, 0.25) is 5.91 Å². The van der Waals surface area contributed by atoms with E-state index < -0.39 is 0 Å². The van der Waals surface area contributed by atoms with Crippen molar-refractivity contribution >= 4 is 11.7 Å². The van der Waals surface area contributed by atoms with E-state index in [-0.39, 0.29) is 5.91 Å². The summed E-state index contributed by atoms with van der Waals surface area (Å²) in [4.78, 5) is 12.2. The summed E-state index contributed by atoms with van der Waals surface area (Å²) in [5.74, 6) is 4.39. The first-order valence-corrected chi connectivity index (χ1v) is 6.56. The zero-order chi connectivity index (χ0) is 11.6. The average molecular weight is 231 g/mol. The van der Waals surface area contributed by atoms with E-state index in [9.17, 15) is 4.79 Å². The Balaban J connectivity index is 1.48. The van der Waals surface area contributed by atoms with Crippen LogP contribution in [0.2, 0.25) is 0 Å². The lowest BCUT2D eigenvalue weighted by Crippen LogP contribution is -2.19. The summed E-state index contributed by atoms with van der Waals surface area (Å²) in [7, 11) is 0. The van der Waals surface area contributed by atoms with Gasteiger partial charge in [-0.05, 0) is 49.9 Å². The third kappa shape index (κ3) is 1.24. The number of aromatic nitrogens is 2. The number of fused-ring (bicyclic) bond motifs is 5. The Bertz CT molecular complexity index is 465. The molecule has 1 aromatic heterocycles. The van der Waals surface area contributed by atoms with Crippen molar-refractivity contribution in [1.82, 2.24) is 10.2 Å². The molecular weight excluding hydrogens is 214 g/mol. The Hall–Kier alpha value is -1.32. The molecule has 90 valence electrons. The molecule has 17 heavy (non-hydrogen) atoms. The predicted molar refractivity (Wildman–Crippen MR) is 63.3 cm³/mol. The van der Waals surface area contributed by atoms with Crippen LogP contribution < -0.4 is 5.32 Å². The molecule has 3 fully saturated rings. The second-order valence-corrected chi connectivity index (χ2v) is 5.93. The second kappa shape index (κ2) is 3.12. The third-order valence-electron chi connectivity index (χ3n) is 5.12. The normalized spacial score (nSPS) is 41.4. The van der Waals surface area contributed by atoms with Gasteiger partial charge in [0.05, 0.1) is 6.20 Å². The number of nitrogens with zero attached hydrogens (tertiary/aromatic N) is 1. The predicted octanol–water partition coefficient (Wildman–Crippen LogP) is 1.95. The smallest absolute Gasteiger partial charge is 0.229 e. The van der Waals surface area contributed by atoms with E-state index in [0.717, 1.165) is 23.2 Å². The van der Waals surface area contributed by atoms with Gasteiger partial charge in [0, 0.05) is 11.5 Å². The van der Waals surface area contributed by atoms with Crippen LogP contribution in [0.5, 0.6) is 0 Å². The van der Waals surface area contributed by atoms with Gasteiger partial charge < -0.3 is 5.32 Å². The molecule has 4 nitrogen and oxygen atoms in total. The van der Waals surface area contributed by atoms with Gasteiger partial charge in [0.25, 0.3) is 0 Å². The maximum Gasteiger partial charge on any atom is 0.229 e. The monoisotopic (exact) mass is 231 g/mol. The molecule has 1 amide bonds. The molecular formula is C13H17N3O. The standard InChI is InChI=1S/C13H17N3O/c1-6-5-14-16-12(6)15-13(17)11-9-7-2-3-8(4-7)10(9)11/h5,7-11H,2-4H2,1H3,(H2,14,15,16,17). The summed E-state index contributed by atoms with van der Waals surface area (Å²) in [6.07, 6.45) is 5.85. The Kier molecular flexibility index (Phi) is 1.78. The number of rotatable bonds is 2. The van der Waals surface area contributed by atoms with Gasteiger partial charge >= 0.3 is 0 Å². The van der Waals surface area contributed by atoms with E-state index in [1.165, 1.54) is 19.3 Å². The molecule has 1 heterocycles. The maximum atomic E-state index is 12.2. The Morgan fingerprint density at radius 2 is 2.12 bits per heavy atom. The number of carbonyl (C=O) groups excluding carboxylic acids is 1. The molecule has 0 radical (unpaired) electrons. The molecule has 0 aromatic carbocycles. The summed E-state index contributed by atoms with van der Waals surface area (Å²) in [5.41, 5.74) is 1.01. The number of amides is 1. The second-order valence-electron chi connectivity index (χ2n) is 5.93. The van der Waals surface area contributed by atoms with Gasteiger partial charge in [-0.15, -0.1) is 0 Å².